The minimum Gasteiger partial charge on any atom is -0.452 e. The summed E-state index contributed by atoms with van der Waals surface area (Å²) >= 11 is 0. The average molecular weight is 411 g/mol. The largest absolute Gasteiger partial charge is 0.452 e. The molecule has 0 saturated heterocycles. The number of unbranched alkanes of at least 4 members (excludes halogenated alkanes) is 1. The van der Waals surface area contributed by atoms with Gasteiger partial charge in [-0.05, 0) is 56.7 Å². The Balaban J connectivity index is 1.85. The van der Waals surface area contributed by atoms with Crippen LogP contribution in [0.5, 0.6) is 0 Å². The van der Waals surface area contributed by atoms with Crippen molar-refractivity contribution in [2.24, 2.45) is 17.0 Å². The quantitative estimate of drug-likeness (QED) is 0.639. The third-order valence-corrected chi connectivity index (χ3v) is 6.15. The topological polar surface area (TPSA) is 116 Å². The van der Waals surface area contributed by atoms with E-state index in [1.165, 1.54) is 44.4 Å². The number of ether oxygens (including phenoxy) is 1. The van der Waals surface area contributed by atoms with Crippen molar-refractivity contribution in [1.82, 2.24) is 0 Å². The number of esters is 1. The number of sulfonamides is 1. The maximum absolute atomic E-state index is 12.4. The van der Waals surface area contributed by atoms with Crippen LogP contribution in [0.3, 0.4) is 0 Å². The molecule has 0 aliphatic heterocycles. The Bertz CT molecular complexity index is 786. The van der Waals surface area contributed by atoms with E-state index in [0.717, 1.165) is 25.7 Å². The lowest BCUT2D eigenvalue weighted by molar-refractivity contribution is -0.158. The summed E-state index contributed by atoms with van der Waals surface area (Å²) in [5.74, 6) is -0.318. The number of hydrogen-bond acceptors (Lipinski definition) is 5. The Hall–Kier alpha value is -1.93. The van der Waals surface area contributed by atoms with Crippen molar-refractivity contribution in [2.45, 2.75) is 69.8 Å². The van der Waals surface area contributed by atoms with Gasteiger partial charge in [-0.25, -0.2) is 13.6 Å². The fourth-order valence-electron chi connectivity index (χ4n) is 3.50. The molecule has 1 amide bonds. The van der Waals surface area contributed by atoms with Crippen LogP contribution in [-0.4, -0.2) is 26.4 Å². The molecule has 28 heavy (non-hydrogen) atoms. The molecule has 1 aromatic carbocycles. The van der Waals surface area contributed by atoms with Gasteiger partial charge >= 0.3 is 5.97 Å². The minimum atomic E-state index is -3.86. The van der Waals surface area contributed by atoms with Crippen molar-refractivity contribution in [3.8, 4) is 0 Å². The summed E-state index contributed by atoms with van der Waals surface area (Å²) in [7, 11) is -3.86. The second kappa shape index (κ2) is 10.0. The van der Waals surface area contributed by atoms with Crippen LogP contribution in [0.1, 0.15) is 58.8 Å². The Kier molecular flexibility index (Phi) is 8.00. The van der Waals surface area contributed by atoms with E-state index in [4.69, 9.17) is 9.88 Å². The van der Waals surface area contributed by atoms with Crippen molar-refractivity contribution in [3.63, 3.8) is 0 Å². The van der Waals surface area contributed by atoms with Crippen LogP contribution < -0.4 is 10.5 Å². The summed E-state index contributed by atoms with van der Waals surface area (Å²) in [5, 5.41) is 7.65. The first-order valence-electron chi connectivity index (χ1n) is 9.85. The van der Waals surface area contributed by atoms with Gasteiger partial charge in [0.2, 0.25) is 10.0 Å². The van der Waals surface area contributed by atoms with Gasteiger partial charge in [-0.1, -0.05) is 32.3 Å². The van der Waals surface area contributed by atoms with Crippen LogP contribution in [0.4, 0.5) is 5.69 Å². The van der Waals surface area contributed by atoms with Gasteiger partial charge in [0.15, 0.2) is 6.10 Å². The maximum atomic E-state index is 12.4. The highest BCUT2D eigenvalue weighted by Crippen LogP contribution is 2.32. The SMILES string of the molecule is CCCCC1CCC(C(=O)O[C@H](C)C(=O)Nc2cccc(S(N)(=O)=O)c2)CC1. The van der Waals surface area contributed by atoms with E-state index in [9.17, 15) is 18.0 Å². The Morgan fingerprint density at radius 3 is 2.54 bits per heavy atom. The lowest BCUT2D eigenvalue weighted by Crippen LogP contribution is -2.33. The third kappa shape index (κ3) is 6.60. The number of rotatable bonds is 8. The number of primary sulfonamides is 1. The van der Waals surface area contributed by atoms with E-state index in [0.29, 0.717) is 5.92 Å². The summed E-state index contributed by atoms with van der Waals surface area (Å²) < 4.78 is 28.1. The first kappa shape index (κ1) is 22.4. The van der Waals surface area contributed by atoms with E-state index in [2.05, 4.69) is 12.2 Å². The number of hydrogen-bond donors (Lipinski definition) is 2. The third-order valence-electron chi connectivity index (χ3n) is 5.24. The van der Waals surface area contributed by atoms with Crippen LogP contribution >= 0.6 is 0 Å². The monoisotopic (exact) mass is 410 g/mol. The van der Waals surface area contributed by atoms with Crippen LogP contribution in [0.15, 0.2) is 29.2 Å². The highest BCUT2D eigenvalue weighted by Gasteiger charge is 2.29. The predicted octanol–water partition coefficient (Wildman–Crippen LogP) is 3.20. The van der Waals surface area contributed by atoms with Gasteiger partial charge in [-0.15, -0.1) is 0 Å². The Labute approximate surface area is 167 Å². The fraction of sp³-hybridized carbons (Fsp3) is 0.600. The molecule has 0 unspecified atom stereocenters. The van der Waals surface area contributed by atoms with Crippen LogP contribution in [-0.2, 0) is 24.3 Å². The number of nitrogens with one attached hydrogen (secondary N) is 1. The first-order valence-corrected chi connectivity index (χ1v) is 11.4. The minimum absolute atomic E-state index is 0.102. The van der Waals surface area contributed by atoms with Gasteiger partial charge in [0.05, 0.1) is 10.8 Å². The number of nitrogens with two attached hydrogens (primary N) is 1. The Morgan fingerprint density at radius 1 is 1.25 bits per heavy atom. The van der Waals surface area contributed by atoms with E-state index in [1.807, 2.05) is 0 Å². The number of benzene rings is 1. The summed E-state index contributed by atoms with van der Waals surface area (Å²) in [6.45, 7) is 3.68. The van der Waals surface area contributed by atoms with Crippen molar-refractivity contribution in [2.75, 3.05) is 5.32 Å². The molecule has 3 N–H and O–H groups in total. The lowest BCUT2D eigenvalue weighted by Gasteiger charge is -2.28. The highest BCUT2D eigenvalue weighted by molar-refractivity contribution is 7.89. The second-order valence-corrected chi connectivity index (χ2v) is 9.06. The lowest BCUT2D eigenvalue weighted by atomic mass is 9.80. The second-order valence-electron chi connectivity index (χ2n) is 7.50. The van der Waals surface area contributed by atoms with E-state index >= 15 is 0 Å². The smallest absolute Gasteiger partial charge is 0.309 e. The fourth-order valence-corrected chi connectivity index (χ4v) is 4.06. The summed E-state index contributed by atoms with van der Waals surface area (Å²) in [4.78, 5) is 24.6. The number of carbonyl (C=O) groups is 2. The molecule has 0 radical (unpaired) electrons. The van der Waals surface area contributed by atoms with Gasteiger partial charge in [0.1, 0.15) is 0 Å². The van der Waals surface area contributed by atoms with Crippen LogP contribution in [0.25, 0.3) is 0 Å². The van der Waals surface area contributed by atoms with E-state index in [1.54, 1.807) is 6.07 Å². The summed E-state index contributed by atoms with van der Waals surface area (Å²) in [5.41, 5.74) is 0.274. The van der Waals surface area contributed by atoms with Gasteiger partial charge < -0.3 is 10.1 Å². The molecule has 0 spiro atoms. The zero-order valence-electron chi connectivity index (χ0n) is 16.5. The average Bonchev–Trinajstić information content (AvgIpc) is 2.66. The number of amides is 1. The van der Waals surface area contributed by atoms with Crippen LogP contribution in [0.2, 0.25) is 0 Å². The molecule has 1 atom stereocenters. The molecular formula is C20H30N2O5S. The number of anilines is 1. The van der Waals surface area contributed by atoms with E-state index in [-0.39, 0.29) is 22.5 Å². The van der Waals surface area contributed by atoms with Gasteiger partial charge in [0, 0.05) is 5.69 Å². The van der Waals surface area contributed by atoms with Crippen molar-refractivity contribution in [3.05, 3.63) is 24.3 Å². The molecule has 0 heterocycles. The molecule has 2 rings (SSSR count). The van der Waals surface area contributed by atoms with Crippen molar-refractivity contribution in [1.29, 1.82) is 0 Å². The summed E-state index contributed by atoms with van der Waals surface area (Å²) in [6.07, 6.45) is 6.33. The zero-order chi connectivity index (χ0) is 20.7. The van der Waals surface area contributed by atoms with Gasteiger partial charge in [0.25, 0.3) is 5.91 Å². The maximum Gasteiger partial charge on any atom is 0.309 e. The molecule has 8 heteroatoms. The van der Waals surface area contributed by atoms with Crippen molar-refractivity contribution < 1.29 is 22.7 Å². The van der Waals surface area contributed by atoms with Crippen LogP contribution in [0, 0.1) is 11.8 Å². The molecule has 156 valence electrons. The molecule has 1 saturated carbocycles. The first-order chi connectivity index (χ1) is 13.2. The van der Waals surface area contributed by atoms with Crippen molar-refractivity contribution >= 4 is 27.6 Å². The molecule has 7 nitrogen and oxygen atoms in total. The predicted molar refractivity (Wildman–Crippen MR) is 107 cm³/mol. The standard InChI is InChI=1S/C20H30N2O5S/c1-3-4-6-15-9-11-16(12-10-15)20(24)27-14(2)19(23)22-17-7-5-8-18(13-17)28(21,25)26/h5,7-8,13-16H,3-4,6,9-12H2,1-2H3,(H,22,23)(H2,21,25,26)/t14-,15?,16?/m1/s1. The molecule has 1 aliphatic rings. The molecule has 0 aromatic heterocycles. The Morgan fingerprint density at radius 2 is 1.93 bits per heavy atom. The molecular weight excluding hydrogens is 380 g/mol. The highest BCUT2D eigenvalue weighted by atomic mass is 32.2. The number of carbonyl (C=O) groups excluding carboxylic acids is 2. The molecule has 1 fully saturated rings. The van der Waals surface area contributed by atoms with E-state index < -0.39 is 22.0 Å². The van der Waals surface area contributed by atoms with Gasteiger partial charge in [-0.2, -0.15) is 0 Å². The van der Waals surface area contributed by atoms with Gasteiger partial charge in [-0.3, -0.25) is 9.59 Å². The molecule has 0 bridgehead atoms. The summed E-state index contributed by atoms with van der Waals surface area (Å²) in [6, 6.07) is 5.62. The zero-order valence-corrected chi connectivity index (χ0v) is 17.3. The molecule has 1 aromatic rings. The molecule has 1 aliphatic carbocycles. The normalized spacial score (nSPS) is 21.0.